The Morgan fingerprint density at radius 2 is 1.54 bits per heavy atom. The molecule has 1 saturated carbocycles. The van der Waals surface area contributed by atoms with Crippen LogP contribution in [0.3, 0.4) is 0 Å². The van der Waals surface area contributed by atoms with Crippen molar-refractivity contribution in [2.75, 3.05) is 0 Å². The maximum atomic E-state index is 12.1. The van der Waals surface area contributed by atoms with Crippen molar-refractivity contribution in [3.63, 3.8) is 0 Å². The van der Waals surface area contributed by atoms with Crippen LogP contribution < -0.4 is 0 Å². The van der Waals surface area contributed by atoms with E-state index in [0.717, 1.165) is 25.7 Å². The van der Waals surface area contributed by atoms with E-state index in [4.69, 9.17) is 0 Å². The fraction of sp³-hybridized carbons (Fsp3) is 1.00. The summed E-state index contributed by atoms with van der Waals surface area (Å²) in [6, 6.07) is 0. The molecule has 1 radical (unpaired) electrons. The van der Waals surface area contributed by atoms with Gasteiger partial charge in [-0.2, -0.15) is 0 Å². The van der Waals surface area contributed by atoms with E-state index in [1.807, 2.05) is 0 Å². The smallest absolute Gasteiger partial charge is 0.0500 e. The van der Waals surface area contributed by atoms with Gasteiger partial charge in [-0.1, -0.05) is 19.3 Å². The molecule has 0 aromatic rings. The number of nitrogens with zero attached hydrogens (tertiary/aromatic N) is 1. The predicted octanol–water partition coefficient (Wildman–Crippen LogP) is 2.91. The van der Waals surface area contributed by atoms with Crippen LogP contribution >= 0.6 is 0 Å². The van der Waals surface area contributed by atoms with Crippen LogP contribution in [0, 0.1) is 0 Å². The van der Waals surface area contributed by atoms with Crippen LogP contribution in [-0.2, 0) is 5.21 Å². The average Bonchev–Trinajstić information content (AvgIpc) is 2.33. The SMILES string of the molecule is CC1(C)CCC2(CCCCC2)N1[O]. The molecule has 1 heterocycles. The summed E-state index contributed by atoms with van der Waals surface area (Å²) in [5.74, 6) is 0. The van der Waals surface area contributed by atoms with Gasteiger partial charge in [-0.15, -0.1) is 10.3 Å². The number of hydrogen-bond acceptors (Lipinski definition) is 1. The zero-order valence-electron chi connectivity index (χ0n) is 8.81. The normalized spacial score (nSPS) is 32.5. The summed E-state index contributed by atoms with van der Waals surface area (Å²) in [4.78, 5) is 0. The van der Waals surface area contributed by atoms with Gasteiger partial charge in [-0.25, -0.2) is 0 Å². The first kappa shape index (κ1) is 9.47. The fourth-order valence-corrected chi connectivity index (χ4v) is 3.05. The highest BCUT2D eigenvalue weighted by molar-refractivity contribution is 5.02. The zero-order valence-corrected chi connectivity index (χ0v) is 8.81. The summed E-state index contributed by atoms with van der Waals surface area (Å²) in [7, 11) is 0. The molecule has 0 amide bonds. The summed E-state index contributed by atoms with van der Waals surface area (Å²) >= 11 is 0. The molecule has 13 heavy (non-hydrogen) atoms. The van der Waals surface area contributed by atoms with Gasteiger partial charge in [-0.3, -0.25) is 0 Å². The van der Waals surface area contributed by atoms with E-state index in [1.165, 1.54) is 24.3 Å². The molecule has 0 unspecified atom stereocenters. The Labute approximate surface area is 80.9 Å². The highest BCUT2D eigenvalue weighted by atomic mass is 16.5. The molecular formula is C11H20NO. The van der Waals surface area contributed by atoms with Gasteiger partial charge >= 0.3 is 0 Å². The van der Waals surface area contributed by atoms with Crippen molar-refractivity contribution in [3.05, 3.63) is 0 Å². The molecule has 2 rings (SSSR count). The van der Waals surface area contributed by atoms with Crippen molar-refractivity contribution in [1.29, 1.82) is 0 Å². The second-order valence-electron chi connectivity index (χ2n) is 5.39. The van der Waals surface area contributed by atoms with Gasteiger partial charge in [0, 0.05) is 5.54 Å². The van der Waals surface area contributed by atoms with E-state index in [0.29, 0.717) is 0 Å². The van der Waals surface area contributed by atoms with E-state index >= 15 is 0 Å². The third-order valence-electron chi connectivity index (χ3n) is 3.97. The lowest BCUT2D eigenvalue weighted by Crippen LogP contribution is -2.49. The molecule has 1 aliphatic carbocycles. The van der Waals surface area contributed by atoms with Crippen LogP contribution in [-0.4, -0.2) is 16.1 Å². The van der Waals surface area contributed by atoms with E-state index in [2.05, 4.69) is 13.8 Å². The summed E-state index contributed by atoms with van der Waals surface area (Å²) in [5, 5.41) is 13.6. The molecular weight excluding hydrogens is 162 g/mol. The summed E-state index contributed by atoms with van der Waals surface area (Å²) in [6.45, 7) is 4.17. The molecule has 0 atom stereocenters. The lowest BCUT2D eigenvalue weighted by molar-refractivity contribution is -0.259. The Hall–Kier alpha value is -0.0800. The lowest BCUT2D eigenvalue weighted by atomic mass is 9.80. The van der Waals surface area contributed by atoms with E-state index in [-0.39, 0.29) is 11.1 Å². The molecule has 2 aliphatic rings. The minimum absolute atomic E-state index is 0.0434. The molecule has 0 bridgehead atoms. The second-order valence-corrected chi connectivity index (χ2v) is 5.39. The molecule has 0 N–H and O–H groups in total. The molecule has 75 valence electrons. The Kier molecular flexibility index (Phi) is 2.16. The Morgan fingerprint density at radius 3 is 2.00 bits per heavy atom. The van der Waals surface area contributed by atoms with Crippen molar-refractivity contribution in [3.8, 4) is 0 Å². The van der Waals surface area contributed by atoms with Crippen molar-refractivity contribution in [1.82, 2.24) is 5.06 Å². The molecule has 1 spiro atoms. The maximum Gasteiger partial charge on any atom is 0.0500 e. The van der Waals surface area contributed by atoms with Crippen LogP contribution in [0.4, 0.5) is 0 Å². The first-order valence-corrected chi connectivity index (χ1v) is 5.54. The Bertz CT molecular complexity index is 194. The van der Waals surface area contributed by atoms with Gasteiger partial charge in [0.1, 0.15) is 0 Å². The van der Waals surface area contributed by atoms with Crippen molar-refractivity contribution >= 4 is 0 Å². The molecule has 0 aromatic heterocycles. The van der Waals surface area contributed by atoms with Gasteiger partial charge in [0.15, 0.2) is 0 Å². The first-order chi connectivity index (χ1) is 6.07. The average molecular weight is 182 g/mol. The van der Waals surface area contributed by atoms with Crippen LogP contribution in [0.5, 0.6) is 0 Å². The lowest BCUT2D eigenvalue weighted by Gasteiger charge is -2.40. The van der Waals surface area contributed by atoms with E-state index in [9.17, 15) is 5.21 Å². The third kappa shape index (κ3) is 1.40. The number of rotatable bonds is 0. The zero-order chi connectivity index (χ0) is 9.53. The fourth-order valence-electron chi connectivity index (χ4n) is 3.05. The Morgan fingerprint density at radius 1 is 0.923 bits per heavy atom. The highest BCUT2D eigenvalue weighted by Gasteiger charge is 2.51. The van der Waals surface area contributed by atoms with Crippen molar-refractivity contribution in [2.24, 2.45) is 0 Å². The molecule has 2 nitrogen and oxygen atoms in total. The highest BCUT2D eigenvalue weighted by Crippen LogP contribution is 2.47. The summed E-state index contributed by atoms with van der Waals surface area (Å²) in [5.41, 5.74) is -0.0565. The van der Waals surface area contributed by atoms with Gasteiger partial charge in [0.2, 0.25) is 0 Å². The van der Waals surface area contributed by atoms with Crippen molar-refractivity contribution in [2.45, 2.75) is 69.9 Å². The van der Waals surface area contributed by atoms with Gasteiger partial charge < -0.3 is 0 Å². The first-order valence-electron chi connectivity index (χ1n) is 5.54. The monoisotopic (exact) mass is 182 g/mol. The van der Waals surface area contributed by atoms with E-state index < -0.39 is 0 Å². The molecule has 0 aromatic carbocycles. The number of hydroxylamine groups is 2. The second kappa shape index (κ2) is 2.96. The van der Waals surface area contributed by atoms with Crippen LogP contribution in [0.2, 0.25) is 0 Å². The van der Waals surface area contributed by atoms with Gasteiger partial charge in [0.25, 0.3) is 0 Å². The van der Waals surface area contributed by atoms with Crippen LogP contribution in [0.1, 0.15) is 58.8 Å². The molecule has 2 heteroatoms. The topological polar surface area (TPSA) is 23.1 Å². The van der Waals surface area contributed by atoms with Gasteiger partial charge in [0.05, 0.1) is 5.54 Å². The minimum Gasteiger partial charge on any atom is -0.143 e. The predicted molar refractivity (Wildman–Crippen MR) is 51.7 cm³/mol. The third-order valence-corrected chi connectivity index (χ3v) is 3.97. The van der Waals surface area contributed by atoms with E-state index in [1.54, 1.807) is 0 Å². The quantitative estimate of drug-likeness (QED) is 0.565. The largest absolute Gasteiger partial charge is 0.143 e. The molecule has 2 fully saturated rings. The summed E-state index contributed by atoms with van der Waals surface area (Å²) in [6.07, 6.45) is 8.33. The Balaban J connectivity index is 2.15. The van der Waals surface area contributed by atoms with Crippen LogP contribution in [0.15, 0.2) is 0 Å². The standard InChI is InChI=1S/C11H20NO/c1-10(2)8-9-11(12(10)13)6-4-3-5-7-11/h3-9H2,1-2H3. The summed E-state index contributed by atoms with van der Waals surface area (Å²) < 4.78 is 0. The maximum absolute atomic E-state index is 12.1. The number of hydrogen-bond donors (Lipinski definition) is 0. The molecule has 1 aliphatic heterocycles. The van der Waals surface area contributed by atoms with Crippen LogP contribution in [0.25, 0.3) is 0 Å². The van der Waals surface area contributed by atoms with Crippen molar-refractivity contribution < 1.29 is 5.21 Å². The van der Waals surface area contributed by atoms with Gasteiger partial charge in [-0.05, 0) is 39.5 Å². The molecule has 1 saturated heterocycles. The minimum atomic E-state index is -0.0999.